The van der Waals surface area contributed by atoms with Gasteiger partial charge < -0.3 is 23.0 Å². The van der Waals surface area contributed by atoms with Crippen molar-refractivity contribution in [3.8, 4) is 23.0 Å². The maximum Gasteiger partial charge on any atom is 0.338 e. The van der Waals surface area contributed by atoms with Crippen molar-refractivity contribution in [1.82, 2.24) is 10.2 Å². The van der Waals surface area contributed by atoms with E-state index < -0.39 is 5.97 Å². The molecule has 0 unspecified atom stereocenters. The van der Waals surface area contributed by atoms with Gasteiger partial charge in [-0.15, -0.1) is 10.2 Å². The fourth-order valence-electron chi connectivity index (χ4n) is 2.64. The minimum Gasteiger partial charge on any atom is -0.486 e. The topological polar surface area (TPSA) is 96.8 Å². The fourth-order valence-corrected chi connectivity index (χ4v) is 2.64. The number of carbonyl (C=O) groups excluding carboxylic acids is 1. The Balaban J connectivity index is 1.43. The van der Waals surface area contributed by atoms with Crippen LogP contribution >= 0.6 is 0 Å². The maximum atomic E-state index is 12.2. The maximum absolute atomic E-state index is 12.2. The van der Waals surface area contributed by atoms with Gasteiger partial charge in [0.2, 0.25) is 0 Å². The van der Waals surface area contributed by atoms with Crippen molar-refractivity contribution in [2.24, 2.45) is 0 Å². The molecule has 26 heavy (non-hydrogen) atoms. The Morgan fingerprint density at radius 3 is 2.65 bits per heavy atom. The summed E-state index contributed by atoms with van der Waals surface area (Å²) in [6.07, 6.45) is 0. The number of aromatic nitrogens is 2. The van der Waals surface area contributed by atoms with Gasteiger partial charge in [-0.1, -0.05) is 0 Å². The Hall–Kier alpha value is -3.29. The third-order valence-electron chi connectivity index (χ3n) is 3.84. The van der Waals surface area contributed by atoms with Crippen LogP contribution in [0.15, 0.2) is 33.1 Å². The molecule has 1 aromatic carbocycles. The van der Waals surface area contributed by atoms with Crippen LogP contribution in [0.1, 0.15) is 27.8 Å². The molecule has 3 aromatic rings. The van der Waals surface area contributed by atoms with E-state index in [9.17, 15) is 4.79 Å². The van der Waals surface area contributed by atoms with E-state index >= 15 is 0 Å². The number of aryl methyl sites for hydroxylation is 2. The summed E-state index contributed by atoms with van der Waals surface area (Å²) in [7, 11) is 0. The average molecular weight is 356 g/mol. The lowest BCUT2D eigenvalue weighted by molar-refractivity contribution is 0.0437. The van der Waals surface area contributed by atoms with Gasteiger partial charge in [-0.3, -0.25) is 0 Å². The molecule has 8 heteroatoms. The molecular weight excluding hydrogens is 340 g/mol. The van der Waals surface area contributed by atoms with Crippen molar-refractivity contribution < 1.29 is 27.8 Å². The first-order valence-electron chi connectivity index (χ1n) is 8.07. The molecule has 0 radical (unpaired) electrons. The second kappa shape index (κ2) is 6.55. The summed E-state index contributed by atoms with van der Waals surface area (Å²) in [5.41, 5.74) is 1.08. The molecule has 1 aliphatic heterocycles. The predicted molar refractivity (Wildman–Crippen MR) is 88.0 cm³/mol. The SMILES string of the molecule is Cc1cc(-c2nnc(COC(=O)c3ccc4c(c3)OCCO4)o2)c(C)o1. The van der Waals surface area contributed by atoms with E-state index in [4.69, 9.17) is 23.0 Å². The summed E-state index contributed by atoms with van der Waals surface area (Å²) >= 11 is 0. The van der Waals surface area contributed by atoms with Crippen molar-refractivity contribution in [3.63, 3.8) is 0 Å². The summed E-state index contributed by atoms with van der Waals surface area (Å²) in [5, 5.41) is 7.86. The first-order valence-corrected chi connectivity index (χ1v) is 8.07. The smallest absolute Gasteiger partial charge is 0.338 e. The number of benzene rings is 1. The summed E-state index contributed by atoms with van der Waals surface area (Å²) in [5.74, 6) is 2.58. The number of rotatable bonds is 4. The van der Waals surface area contributed by atoms with E-state index in [2.05, 4.69) is 10.2 Å². The molecule has 0 saturated carbocycles. The van der Waals surface area contributed by atoms with E-state index in [1.54, 1.807) is 18.2 Å². The monoisotopic (exact) mass is 356 g/mol. The molecule has 8 nitrogen and oxygen atoms in total. The van der Waals surface area contributed by atoms with Gasteiger partial charge in [0.1, 0.15) is 24.7 Å². The van der Waals surface area contributed by atoms with Crippen LogP contribution < -0.4 is 9.47 Å². The van der Waals surface area contributed by atoms with Crippen molar-refractivity contribution in [2.45, 2.75) is 20.5 Å². The highest BCUT2D eigenvalue weighted by atomic mass is 16.6. The standard InChI is InChI=1S/C18H16N2O6/c1-10-7-13(11(2)25-10)17-20-19-16(26-17)9-24-18(21)12-3-4-14-15(8-12)23-6-5-22-14/h3-4,7-8H,5-6,9H2,1-2H3. The first-order chi connectivity index (χ1) is 12.6. The van der Waals surface area contributed by atoms with E-state index in [-0.39, 0.29) is 12.5 Å². The number of nitrogens with zero attached hydrogens (tertiary/aromatic N) is 2. The normalized spacial score (nSPS) is 12.8. The Kier molecular flexibility index (Phi) is 4.08. The minimum absolute atomic E-state index is 0.129. The molecule has 0 bridgehead atoms. The zero-order chi connectivity index (χ0) is 18.1. The van der Waals surface area contributed by atoms with Crippen LogP contribution in [0, 0.1) is 13.8 Å². The number of hydrogen-bond acceptors (Lipinski definition) is 8. The van der Waals surface area contributed by atoms with Gasteiger partial charge in [0.15, 0.2) is 18.1 Å². The highest BCUT2D eigenvalue weighted by Crippen LogP contribution is 2.31. The van der Waals surface area contributed by atoms with Crippen molar-refractivity contribution in [2.75, 3.05) is 13.2 Å². The summed E-state index contributed by atoms with van der Waals surface area (Å²) in [6, 6.07) is 6.70. The van der Waals surface area contributed by atoms with Gasteiger partial charge in [-0.2, -0.15) is 0 Å². The Morgan fingerprint density at radius 2 is 1.88 bits per heavy atom. The second-order valence-electron chi connectivity index (χ2n) is 5.76. The molecule has 0 saturated heterocycles. The van der Waals surface area contributed by atoms with Crippen LogP contribution in [0.5, 0.6) is 11.5 Å². The molecule has 0 aliphatic carbocycles. The fraction of sp³-hybridized carbons (Fsp3) is 0.278. The number of hydrogen-bond donors (Lipinski definition) is 0. The van der Waals surface area contributed by atoms with E-state index in [1.165, 1.54) is 0 Å². The quantitative estimate of drug-likeness (QED) is 0.658. The number of carbonyl (C=O) groups is 1. The third-order valence-corrected chi connectivity index (χ3v) is 3.84. The largest absolute Gasteiger partial charge is 0.486 e. The zero-order valence-corrected chi connectivity index (χ0v) is 14.3. The van der Waals surface area contributed by atoms with Gasteiger partial charge in [-0.05, 0) is 38.1 Å². The van der Waals surface area contributed by atoms with E-state index in [0.717, 1.165) is 11.3 Å². The van der Waals surface area contributed by atoms with Crippen molar-refractivity contribution in [3.05, 3.63) is 47.2 Å². The Bertz CT molecular complexity index is 958. The summed E-state index contributed by atoms with van der Waals surface area (Å²) in [6.45, 7) is 4.46. The molecular formula is C18H16N2O6. The number of fused-ring (bicyclic) bond motifs is 1. The van der Waals surface area contributed by atoms with Gasteiger partial charge in [0.05, 0.1) is 11.1 Å². The molecule has 3 heterocycles. The molecule has 0 spiro atoms. The Morgan fingerprint density at radius 1 is 1.08 bits per heavy atom. The number of esters is 1. The van der Waals surface area contributed by atoms with Crippen LogP contribution in [0.25, 0.3) is 11.5 Å². The van der Waals surface area contributed by atoms with Gasteiger partial charge in [-0.25, -0.2) is 4.79 Å². The zero-order valence-electron chi connectivity index (χ0n) is 14.3. The van der Waals surface area contributed by atoms with Crippen LogP contribution in [0.4, 0.5) is 0 Å². The predicted octanol–water partition coefficient (Wildman–Crippen LogP) is 3.07. The van der Waals surface area contributed by atoms with Crippen LogP contribution in [0.2, 0.25) is 0 Å². The lowest BCUT2D eigenvalue weighted by atomic mass is 10.2. The van der Waals surface area contributed by atoms with Crippen LogP contribution in [-0.4, -0.2) is 29.4 Å². The van der Waals surface area contributed by atoms with Gasteiger partial charge in [0, 0.05) is 0 Å². The van der Waals surface area contributed by atoms with E-state index in [1.807, 2.05) is 19.9 Å². The molecule has 1 aliphatic rings. The number of furan rings is 1. The Labute approximate surface area is 148 Å². The summed E-state index contributed by atoms with van der Waals surface area (Å²) in [4.78, 5) is 12.2. The molecule has 2 aromatic heterocycles. The molecule has 0 N–H and O–H groups in total. The average Bonchev–Trinajstić information content (AvgIpc) is 3.25. The second-order valence-corrected chi connectivity index (χ2v) is 5.76. The van der Waals surface area contributed by atoms with Gasteiger partial charge >= 0.3 is 5.97 Å². The summed E-state index contributed by atoms with van der Waals surface area (Å²) < 4.78 is 27.1. The molecule has 134 valence electrons. The highest BCUT2D eigenvalue weighted by molar-refractivity contribution is 5.90. The highest BCUT2D eigenvalue weighted by Gasteiger charge is 2.18. The molecule has 0 fully saturated rings. The van der Waals surface area contributed by atoms with Crippen molar-refractivity contribution >= 4 is 5.97 Å². The van der Waals surface area contributed by atoms with Crippen LogP contribution in [-0.2, 0) is 11.3 Å². The molecule has 0 atom stereocenters. The van der Waals surface area contributed by atoms with Crippen LogP contribution in [0.3, 0.4) is 0 Å². The molecule has 0 amide bonds. The third kappa shape index (κ3) is 3.13. The van der Waals surface area contributed by atoms with Gasteiger partial charge in [0.25, 0.3) is 11.8 Å². The van der Waals surface area contributed by atoms with E-state index in [0.29, 0.717) is 41.9 Å². The number of ether oxygens (including phenoxy) is 3. The minimum atomic E-state index is -0.517. The van der Waals surface area contributed by atoms with Crippen molar-refractivity contribution in [1.29, 1.82) is 0 Å². The first kappa shape index (κ1) is 16.2. The molecule has 4 rings (SSSR count). The lowest BCUT2D eigenvalue weighted by Crippen LogP contribution is -2.16. The lowest BCUT2D eigenvalue weighted by Gasteiger charge is -2.18.